The monoisotopic (exact) mass is 420 g/mol. The number of methoxy groups -OCH3 is 1. The highest BCUT2D eigenvalue weighted by Gasteiger charge is 2.41. The molecule has 1 unspecified atom stereocenters. The van der Waals surface area contributed by atoms with E-state index in [0.717, 1.165) is 25.7 Å². The predicted molar refractivity (Wildman–Crippen MR) is 120 cm³/mol. The van der Waals surface area contributed by atoms with Crippen molar-refractivity contribution >= 4 is 17.6 Å². The Kier molecular flexibility index (Phi) is 10.8. The molecule has 29 heavy (non-hydrogen) atoms. The molecule has 0 saturated heterocycles. The molecule has 1 aromatic rings. The molecule has 4 atom stereocenters. The lowest BCUT2D eigenvalue weighted by atomic mass is 9.85. The van der Waals surface area contributed by atoms with Crippen LogP contribution >= 0.6 is 11.6 Å². The van der Waals surface area contributed by atoms with E-state index in [2.05, 4.69) is 48.1 Å². The molecule has 162 valence electrons. The number of benzene rings is 1. The van der Waals surface area contributed by atoms with Crippen LogP contribution in [0.4, 0.5) is 0 Å². The number of aryl methyl sites for hydroxylation is 1. The minimum absolute atomic E-state index is 0.0107. The van der Waals surface area contributed by atoms with Crippen LogP contribution in [0.15, 0.2) is 36.4 Å². The van der Waals surface area contributed by atoms with Gasteiger partial charge in [0.2, 0.25) is 0 Å². The number of aliphatic hydroxyl groups excluding tert-OH is 1. The third-order valence-electron chi connectivity index (χ3n) is 6.04. The van der Waals surface area contributed by atoms with Gasteiger partial charge in [-0.15, -0.1) is 11.6 Å². The van der Waals surface area contributed by atoms with Crippen molar-refractivity contribution < 1.29 is 14.6 Å². The zero-order chi connectivity index (χ0) is 21.1. The first-order valence-corrected chi connectivity index (χ1v) is 11.6. The molecule has 0 heterocycles. The molecule has 1 fully saturated rings. The topological polar surface area (TPSA) is 46.5 Å². The van der Waals surface area contributed by atoms with E-state index in [4.69, 9.17) is 11.6 Å². The average molecular weight is 421 g/mol. The Morgan fingerprint density at radius 2 is 1.93 bits per heavy atom. The quantitative estimate of drug-likeness (QED) is 0.190. The number of carbonyl (C=O) groups excluding carboxylic acids is 1. The Morgan fingerprint density at radius 3 is 2.62 bits per heavy atom. The molecular weight excluding hydrogens is 384 g/mol. The van der Waals surface area contributed by atoms with E-state index in [1.54, 1.807) is 0 Å². The van der Waals surface area contributed by atoms with Crippen molar-refractivity contribution in [3.8, 4) is 0 Å². The van der Waals surface area contributed by atoms with Gasteiger partial charge in [-0.2, -0.15) is 0 Å². The summed E-state index contributed by atoms with van der Waals surface area (Å²) in [5, 5.41) is 10.6. The van der Waals surface area contributed by atoms with E-state index in [1.807, 2.05) is 0 Å². The lowest BCUT2D eigenvalue weighted by molar-refractivity contribution is -0.140. The Hall–Kier alpha value is -1.32. The van der Waals surface area contributed by atoms with E-state index < -0.39 is 0 Å². The molecule has 0 aliphatic heterocycles. The summed E-state index contributed by atoms with van der Waals surface area (Å²) in [4.78, 5) is 11.2. The number of ether oxygens (including phenoxy) is 1. The highest BCUT2D eigenvalue weighted by atomic mass is 35.5. The Morgan fingerprint density at radius 1 is 1.17 bits per heavy atom. The molecule has 0 spiro atoms. The lowest BCUT2D eigenvalue weighted by Crippen LogP contribution is -2.18. The van der Waals surface area contributed by atoms with Crippen molar-refractivity contribution in [2.24, 2.45) is 5.92 Å². The van der Waals surface area contributed by atoms with Crippen molar-refractivity contribution in [1.29, 1.82) is 0 Å². The van der Waals surface area contributed by atoms with E-state index in [9.17, 15) is 9.90 Å². The summed E-state index contributed by atoms with van der Waals surface area (Å²) in [5.41, 5.74) is 2.57. The Balaban J connectivity index is 1.89. The number of unbranched alkanes of at least 4 members (excludes halogenated alkanes) is 4. The van der Waals surface area contributed by atoms with Gasteiger partial charge in [0, 0.05) is 17.7 Å². The van der Waals surface area contributed by atoms with Gasteiger partial charge in [0.25, 0.3) is 0 Å². The third-order valence-corrected chi connectivity index (χ3v) is 6.55. The standard InChI is InChI=1S/C25H37ClO3/c1-3-4-5-8-11-19-14-16-20(17-15-19)25-21(22(26)18-23(25)27)12-9-6-7-10-13-24(28)29-2/h6,9,14-17,21-23,25,27H,3-5,7-8,10-13,18H2,1-2H3/t21?,22-,23-,25-/m1/s1. The lowest BCUT2D eigenvalue weighted by Gasteiger charge is -2.23. The van der Waals surface area contributed by atoms with Gasteiger partial charge in [-0.25, -0.2) is 0 Å². The van der Waals surface area contributed by atoms with Crippen molar-refractivity contribution in [1.82, 2.24) is 0 Å². The van der Waals surface area contributed by atoms with Crippen LogP contribution in [0.2, 0.25) is 0 Å². The Bertz CT molecular complexity index is 625. The summed E-state index contributed by atoms with van der Waals surface area (Å²) < 4.78 is 4.66. The molecule has 1 aromatic carbocycles. The predicted octanol–water partition coefficient (Wildman–Crippen LogP) is 6.17. The van der Waals surface area contributed by atoms with Gasteiger partial charge in [-0.3, -0.25) is 4.79 Å². The van der Waals surface area contributed by atoms with Crippen LogP contribution in [-0.4, -0.2) is 29.7 Å². The zero-order valence-electron chi connectivity index (χ0n) is 18.0. The Labute approximate surface area is 181 Å². The molecule has 0 amide bonds. The number of allylic oxidation sites excluding steroid dienone is 2. The van der Waals surface area contributed by atoms with Crippen LogP contribution < -0.4 is 0 Å². The maximum atomic E-state index is 11.2. The van der Waals surface area contributed by atoms with E-state index in [0.29, 0.717) is 12.8 Å². The molecule has 1 N–H and O–H groups in total. The first-order valence-electron chi connectivity index (χ1n) is 11.2. The fraction of sp³-hybridized carbons (Fsp3) is 0.640. The second kappa shape index (κ2) is 13.1. The molecule has 0 bridgehead atoms. The van der Waals surface area contributed by atoms with Crippen LogP contribution in [0.5, 0.6) is 0 Å². The number of carbonyl (C=O) groups is 1. The van der Waals surface area contributed by atoms with Gasteiger partial charge < -0.3 is 9.84 Å². The van der Waals surface area contributed by atoms with Crippen molar-refractivity contribution in [2.75, 3.05) is 7.11 Å². The highest BCUT2D eigenvalue weighted by Crippen LogP contribution is 2.44. The minimum Gasteiger partial charge on any atom is -0.469 e. The maximum Gasteiger partial charge on any atom is 0.305 e. The smallest absolute Gasteiger partial charge is 0.305 e. The van der Waals surface area contributed by atoms with Gasteiger partial charge >= 0.3 is 5.97 Å². The van der Waals surface area contributed by atoms with Crippen LogP contribution in [0.3, 0.4) is 0 Å². The fourth-order valence-corrected chi connectivity index (χ4v) is 4.77. The molecule has 2 rings (SSSR count). The molecule has 1 aliphatic carbocycles. The first kappa shape index (κ1) is 24.0. The van der Waals surface area contributed by atoms with Gasteiger partial charge in [-0.1, -0.05) is 62.6 Å². The second-order valence-electron chi connectivity index (χ2n) is 8.24. The second-order valence-corrected chi connectivity index (χ2v) is 8.80. The van der Waals surface area contributed by atoms with Gasteiger partial charge in [0.05, 0.1) is 13.2 Å². The van der Waals surface area contributed by atoms with Crippen LogP contribution in [-0.2, 0) is 16.0 Å². The van der Waals surface area contributed by atoms with E-state index in [-0.39, 0.29) is 29.3 Å². The van der Waals surface area contributed by atoms with Gasteiger partial charge in [0.1, 0.15) is 0 Å². The number of esters is 1. The average Bonchev–Trinajstić information content (AvgIpc) is 3.01. The molecule has 0 aromatic heterocycles. The van der Waals surface area contributed by atoms with Gasteiger partial charge in [0.15, 0.2) is 0 Å². The van der Waals surface area contributed by atoms with Crippen molar-refractivity contribution in [2.45, 2.75) is 88.5 Å². The van der Waals surface area contributed by atoms with Crippen molar-refractivity contribution in [3.63, 3.8) is 0 Å². The summed E-state index contributed by atoms with van der Waals surface area (Å²) in [6.07, 6.45) is 13.7. The minimum atomic E-state index is -0.384. The molecule has 4 heteroatoms. The number of halogens is 1. The first-order chi connectivity index (χ1) is 14.1. The van der Waals surface area contributed by atoms with Crippen LogP contribution in [0, 0.1) is 5.92 Å². The zero-order valence-corrected chi connectivity index (χ0v) is 18.7. The van der Waals surface area contributed by atoms with Gasteiger partial charge in [-0.05, 0) is 55.6 Å². The third kappa shape index (κ3) is 7.79. The van der Waals surface area contributed by atoms with E-state index in [1.165, 1.54) is 43.9 Å². The summed E-state index contributed by atoms with van der Waals surface area (Å²) in [6, 6.07) is 8.81. The van der Waals surface area contributed by atoms with Crippen LogP contribution in [0.1, 0.15) is 81.8 Å². The largest absolute Gasteiger partial charge is 0.469 e. The summed E-state index contributed by atoms with van der Waals surface area (Å²) in [5.74, 6) is 0.164. The summed E-state index contributed by atoms with van der Waals surface area (Å²) in [7, 11) is 1.42. The number of hydrogen-bond donors (Lipinski definition) is 1. The normalized spacial score (nSPS) is 24.3. The maximum absolute atomic E-state index is 11.2. The summed E-state index contributed by atoms with van der Waals surface area (Å²) in [6.45, 7) is 2.24. The van der Waals surface area contributed by atoms with Crippen molar-refractivity contribution in [3.05, 3.63) is 47.5 Å². The molecule has 3 nitrogen and oxygen atoms in total. The number of hydrogen-bond acceptors (Lipinski definition) is 3. The molecule has 1 aliphatic rings. The summed E-state index contributed by atoms with van der Waals surface area (Å²) >= 11 is 6.59. The number of aliphatic hydroxyl groups is 1. The number of rotatable bonds is 12. The van der Waals surface area contributed by atoms with E-state index >= 15 is 0 Å². The number of alkyl halides is 1. The van der Waals surface area contributed by atoms with Crippen LogP contribution in [0.25, 0.3) is 0 Å². The SMILES string of the molecule is CCCCCCc1ccc([C@@H]2C(CC=CCCCC(=O)OC)[C@H](Cl)C[C@H]2O)cc1. The fourth-order valence-electron chi connectivity index (χ4n) is 4.33. The highest BCUT2D eigenvalue weighted by molar-refractivity contribution is 6.21. The molecule has 1 saturated carbocycles. The molecule has 0 radical (unpaired) electrons. The molecular formula is C25H37ClO3.